The maximum atomic E-state index is 15.0. The Kier molecular flexibility index (Phi) is 7.11. The SMILES string of the molecule is CCCCC1CCC(C2CCc3cc(-c4ccc(OC(F)(F)F)cc4)c(F)cc3C2)CC1. The third-order valence-corrected chi connectivity index (χ3v) is 7.48. The highest BCUT2D eigenvalue weighted by Gasteiger charge is 2.32. The van der Waals surface area contributed by atoms with E-state index >= 15 is 0 Å². The highest BCUT2D eigenvalue weighted by Crippen LogP contribution is 2.42. The molecule has 1 saturated carbocycles. The van der Waals surface area contributed by atoms with E-state index in [1.165, 1.54) is 74.8 Å². The Labute approximate surface area is 188 Å². The summed E-state index contributed by atoms with van der Waals surface area (Å²) in [6.07, 6.45) is 7.57. The minimum Gasteiger partial charge on any atom is -0.406 e. The van der Waals surface area contributed by atoms with Crippen LogP contribution in [0.4, 0.5) is 17.6 Å². The minimum absolute atomic E-state index is 0.299. The summed E-state index contributed by atoms with van der Waals surface area (Å²) in [4.78, 5) is 0. The van der Waals surface area contributed by atoms with E-state index < -0.39 is 6.36 Å². The van der Waals surface area contributed by atoms with Crippen LogP contribution in [0.5, 0.6) is 5.75 Å². The van der Waals surface area contributed by atoms with Crippen molar-refractivity contribution in [2.75, 3.05) is 0 Å². The van der Waals surface area contributed by atoms with Crippen LogP contribution in [0.1, 0.15) is 69.4 Å². The van der Waals surface area contributed by atoms with Crippen LogP contribution in [0.2, 0.25) is 0 Å². The monoisotopic (exact) mass is 448 g/mol. The third kappa shape index (κ3) is 5.65. The molecule has 0 amide bonds. The Balaban J connectivity index is 1.42. The fourth-order valence-electron chi connectivity index (χ4n) is 5.71. The van der Waals surface area contributed by atoms with E-state index in [-0.39, 0.29) is 11.6 Å². The number of halogens is 4. The maximum Gasteiger partial charge on any atom is 0.573 e. The molecule has 2 aromatic rings. The van der Waals surface area contributed by atoms with Gasteiger partial charge in [0, 0.05) is 5.56 Å². The second kappa shape index (κ2) is 9.84. The summed E-state index contributed by atoms with van der Waals surface area (Å²) in [6, 6.07) is 8.97. The van der Waals surface area contributed by atoms with Gasteiger partial charge in [0.2, 0.25) is 0 Å². The lowest BCUT2D eigenvalue weighted by Crippen LogP contribution is -2.26. The van der Waals surface area contributed by atoms with Crippen LogP contribution in [-0.4, -0.2) is 6.36 Å². The Morgan fingerprint density at radius 3 is 2.28 bits per heavy atom. The molecule has 4 rings (SSSR count). The molecule has 0 N–H and O–H groups in total. The van der Waals surface area contributed by atoms with Crippen LogP contribution in [-0.2, 0) is 12.8 Å². The zero-order valence-electron chi connectivity index (χ0n) is 18.7. The van der Waals surface area contributed by atoms with Crippen molar-refractivity contribution < 1.29 is 22.3 Å². The van der Waals surface area contributed by atoms with Gasteiger partial charge in [0.25, 0.3) is 0 Å². The van der Waals surface area contributed by atoms with Gasteiger partial charge >= 0.3 is 6.36 Å². The number of ether oxygens (including phenoxy) is 1. The van der Waals surface area contributed by atoms with Crippen LogP contribution >= 0.6 is 0 Å². The summed E-state index contributed by atoms with van der Waals surface area (Å²) in [5.74, 6) is 1.68. The Morgan fingerprint density at radius 2 is 1.62 bits per heavy atom. The Bertz CT molecular complexity index is 895. The average molecular weight is 449 g/mol. The van der Waals surface area contributed by atoms with Gasteiger partial charge in [0.15, 0.2) is 0 Å². The van der Waals surface area contributed by atoms with E-state index in [1.807, 2.05) is 6.07 Å². The Hall–Kier alpha value is -2.04. The second-order valence-electron chi connectivity index (χ2n) is 9.60. The number of rotatable bonds is 6. The number of hydrogen-bond acceptors (Lipinski definition) is 1. The molecule has 1 atom stereocenters. The largest absolute Gasteiger partial charge is 0.573 e. The van der Waals surface area contributed by atoms with E-state index in [4.69, 9.17) is 0 Å². The van der Waals surface area contributed by atoms with E-state index in [9.17, 15) is 17.6 Å². The molecule has 5 heteroatoms. The van der Waals surface area contributed by atoms with E-state index in [2.05, 4.69) is 11.7 Å². The molecule has 0 aliphatic heterocycles. The molecular weight excluding hydrogens is 416 g/mol. The molecule has 1 nitrogen and oxygen atoms in total. The quantitative estimate of drug-likeness (QED) is 0.403. The number of hydrogen-bond donors (Lipinski definition) is 0. The minimum atomic E-state index is -4.73. The van der Waals surface area contributed by atoms with Gasteiger partial charge in [-0.3, -0.25) is 0 Å². The van der Waals surface area contributed by atoms with Gasteiger partial charge < -0.3 is 4.74 Å². The smallest absolute Gasteiger partial charge is 0.406 e. The van der Waals surface area contributed by atoms with Crippen molar-refractivity contribution in [3.05, 3.63) is 53.3 Å². The van der Waals surface area contributed by atoms with Crippen molar-refractivity contribution in [3.63, 3.8) is 0 Å². The first-order chi connectivity index (χ1) is 15.3. The van der Waals surface area contributed by atoms with Crippen molar-refractivity contribution in [1.29, 1.82) is 0 Å². The number of aryl methyl sites for hydroxylation is 1. The van der Waals surface area contributed by atoms with Crippen LogP contribution in [0.15, 0.2) is 36.4 Å². The number of alkyl halides is 3. The van der Waals surface area contributed by atoms with Gasteiger partial charge in [-0.25, -0.2) is 4.39 Å². The van der Waals surface area contributed by atoms with Crippen LogP contribution in [0.25, 0.3) is 11.1 Å². The van der Waals surface area contributed by atoms with Crippen LogP contribution in [0.3, 0.4) is 0 Å². The molecule has 0 bridgehead atoms. The van der Waals surface area contributed by atoms with E-state index in [0.717, 1.165) is 36.7 Å². The van der Waals surface area contributed by atoms with Crippen molar-refractivity contribution in [2.45, 2.75) is 77.5 Å². The summed E-state index contributed by atoms with van der Waals surface area (Å²) >= 11 is 0. The fraction of sp³-hybridized carbons (Fsp3) is 0.556. The number of benzene rings is 2. The standard InChI is InChI=1S/C27H32F4O/c1-2-3-4-18-5-7-19(8-6-18)21-9-10-22-16-25(26(28)17-23(22)15-21)20-11-13-24(14-12-20)32-27(29,30)31/h11-14,16-19,21H,2-10,15H2,1H3. The summed E-state index contributed by atoms with van der Waals surface area (Å²) in [6.45, 7) is 2.26. The molecule has 0 saturated heterocycles. The summed E-state index contributed by atoms with van der Waals surface area (Å²) in [5.41, 5.74) is 3.28. The molecule has 2 aromatic carbocycles. The van der Waals surface area contributed by atoms with E-state index in [1.54, 1.807) is 6.07 Å². The summed E-state index contributed by atoms with van der Waals surface area (Å²) in [5, 5.41) is 0. The first-order valence-corrected chi connectivity index (χ1v) is 12.0. The molecule has 0 spiro atoms. The lowest BCUT2D eigenvalue weighted by Gasteiger charge is -2.36. The first kappa shape index (κ1) is 23.1. The zero-order valence-corrected chi connectivity index (χ0v) is 18.7. The van der Waals surface area contributed by atoms with Gasteiger partial charge in [0.1, 0.15) is 11.6 Å². The predicted molar refractivity (Wildman–Crippen MR) is 119 cm³/mol. The topological polar surface area (TPSA) is 9.23 Å². The molecular formula is C27H32F4O. The van der Waals surface area contributed by atoms with Crippen molar-refractivity contribution >= 4 is 0 Å². The molecule has 1 fully saturated rings. The number of unbranched alkanes of at least 4 members (excludes halogenated alkanes) is 1. The lowest BCUT2D eigenvalue weighted by molar-refractivity contribution is -0.274. The van der Waals surface area contributed by atoms with E-state index in [0.29, 0.717) is 17.0 Å². The molecule has 174 valence electrons. The predicted octanol–water partition coefficient (Wildman–Crippen LogP) is 8.49. The first-order valence-electron chi connectivity index (χ1n) is 12.0. The van der Waals surface area contributed by atoms with Gasteiger partial charge in [0.05, 0.1) is 0 Å². The van der Waals surface area contributed by atoms with Crippen molar-refractivity contribution in [2.24, 2.45) is 17.8 Å². The molecule has 0 heterocycles. The number of fused-ring (bicyclic) bond motifs is 1. The lowest BCUT2D eigenvalue weighted by atomic mass is 9.69. The van der Waals surface area contributed by atoms with Crippen molar-refractivity contribution in [1.82, 2.24) is 0 Å². The summed E-state index contributed by atoms with van der Waals surface area (Å²) < 4.78 is 56.0. The van der Waals surface area contributed by atoms with Crippen LogP contribution in [0, 0.1) is 23.6 Å². The molecule has 1 unspecified atom stereocenters. The van der Waals surface area contributed by atoms with Gasteiger partial charge in [-0.15, -0.1) is 13.2 Å². The highest BCUT2D eigenvalue weighted by atomic mass is 19.4. The normalized spacial score (nSPS) is 23.6. The van der Waals surface area contributed by atoms with Crippen LogP contribution < -0.4 is 4.74 Å². The second-order valence-corrected chi connectivity index (χ2v) is 9.60. The highest BCUT2D eigenvalue weighted by molar-refractivity contribution is 5.66. The van der Waals surface area contributed by atoms with Gasteiger partial charge in [-0.1, -0.05) is 51.2 Å². The molecule has 2 aliphatic carbocycles. The Morgan fingerprint density at radius 1 is 0.906 bits per heavy atom. The zero-order chi connectivity index (χ0) is 22.7. The van der Waals surface area contributed by atoms with Gasteiger partial charge in [-0.2, -0.15) is 0 Å². The molecule has 0 radical (unpaired) electrons. The fourth-order valence-corrected chi connectivity index (χ4v) is 5.71. The van der Waals surface area contributed by atoms with Gasteiger partial charge in [-0.05, 0) is 90.8 Å². The average Bonchev–Trinajstić information content (AvgIpc) is 2.77. The van der Waals surface area contributed by atoms with Crippen molar-refractivity contribution in [3.8, 4) is 16.9 Å². The maximum absolute atomic E-state index is 15.0. The molecule has 32 heavy (non-hydrogen) atoms. The third-order valence-electron chi connectivity index (χ3n) is 7.48. The summed E-state index contributed by atoms with van der Waals surface area (Å²) in [7, 11) is 0. The molecule has 2 aliphatic rings. The molecule has 0 aromatic heterocycles.